The normalized spacial score (nSPS) is 18.6. The Kier molecular flexibility index (Phi) is 4.96. The number of likely N-dealkylation sites (tertiary alicyclic amines) is 1. The van der Waals surface area contributed by atoms with Crippen molar-refractivity contribution in [1.82, 2.24) is 4.90 Å². The second-order valence-corrected chi connectivity index (χ2v) is 6.70. The van der Waals surface area contributed by atoms with Crippen LogP contribution in [0.2, 0.25) is 0 Å². The smallest absolute Gasteiger partial charge is 0.264 e. The Balaban J connectivity index is 1.74. The van der Waals surface area contributed by atoms with Gasteiger partial charge in [0.2, 0.25) is 0 Å². The fourth-order valence-electron chi connectivity index (χ4n) is 2.53. The number of hydrogen-bond donors (Lipinski definition) is 0. The molecule has 1 heterocycles. The van der Waals surface area contributed by atoms with E-state index in [0.29, 0.717) is 12.5 Å². The van der Waals surface area contributed by atoms with Gasteiger partial charge in [-0.15, -0.1) is 0 Å². The molecule has 106 valence electrons. The van der Waals surface area contributed by atoms with Crippen molar-refractivity contribution in [3.8, 4) is 0 Å². The Morgan fingerprint density at radius 2 is 1.84 bits per heavy atom. The second-order valence-electron chi connectivity index (χ2n) is 5.05. The topological polar surface area (TPSA) is 46.6 Å². The van der Waals surface area contributed by atoms with Crippen LogP contribution in [0.5, 0.6) is 0 Å². The van der Waals surface area contributed by atoms with Gasteiger partial charge in [-0.3, -0.25) is 4.18 Å². The van der Waals surface area contributed by atoms with Crippen molar-refractivity contribution < 1.29 is 12.6 Å². The van der Waals surface area contributed by atoms with Crippen LogP contribution >= 0.6 is 0 Å². The SMILES string of the molecule is CS(=O)(=O)OCCN1CCC(c2ccccc2)CC1. The first-order chi connectivity index (χ1) is 9.04. The molecule has 0 aromatic heterocycles. The number of rotatable bonds is 5. The zero-order valence-corrected chi connectivity index (χ0v) is 12.1. The summed E-state index contributed by atoms with van der Waals surface area (Å²) in [6, 6.07) is 10.6. The quantitative estimate of drug-likeness (QED) is 0.774. The number of nitrogens with zero attached hydrogens (tertiary/aromatic N) is 1. The Hall–Kier alpha value is -0.910. The number of hydrogen-bond acceptors (Lipinski definition) is 4. The number of piperidine rings is 1. The summed E-state index contributed by atoms with van der Waals surface area (Å²) in [6.07, 6.45) is 3.35. The summed E-state index contributed by atoms with van der Waals surface area (Å²) in [7, 11) is -3.31. The average molecular weight is 283 g/mol. The van der Waals surface area contributed by atoms with E-state index in [9.17, 15) is 8.42 Å². The van der Waals surface area contributed by atoms with Crippen molar-refractivity contribution in [2.24, 2.45) is 0 Å². The molecule has 0 amide bonds. The molecule has 0 radical (unpaired) electrons. The van der Waals surface area contributed by atoms with Crippen molar-refractivity contribution >= 4 is 10.1 Å². The summed E-state index contributed by atoms with van der Waals surface area (Å²) in [5.41, 5.74) is 1.41. The Morgan fingerprint density at radius 3 is 2.42 bits per heavy atom. The van der Waals surface area contributed by atoms with E-state index >= 15 is 0 Å². The predicted molar refractivity (Wildman–Crippen MR) is 75.7 cm³/mol. The first-order valence-corrected chi connectivity index (χ1v) is 8.48. The molecule has 0 saturated carbocycles. The molecule has 0 aliphatic carbocycles. The molecule has 0 atom stereocenters. The van der Waals surface area contributed by atoms with Crippen molar-refractivity contribution in [3.63, 3.8) is 0 Å². The van der Waals surface area contributed by atoms with E-state index in [1.165, 1.54) is 5.56 Å². The maximum absolute atomic E-state index is 10.9. The van der Waals surface area contributed by atoms with E-state index < -0.39 is 10.1 Å². The van der Waals surface area contributed by atoms with Gasteiger partial charge in [-0.1, -0.05) is 30.3 Å². The molecule has 5 heteroatoms. The van der Waals surface area contributed by atoms with Crippen LogP contribution in [0.15, 0.2) is 30.3 Å². The molecule has 1 aliphatic rings. The van der Waals surface area contributed by atoms with Gasteiger partial charge in [0.05, 0.1) is 12.9 Å². The fourth-order valence-corrected chi connectivity index (χ4v) is 2.91. The van der Waals surface area contributed by atoms with Gasteiger partial charge in [0, 0.05) is 6.54 Å². The molecule has 1 aromatic rings. The van der Waals surface area contributed by atoms with E-state index in [2.05, 4.69) is 29.2 Å². The summed E-state index contributed by atoms with van der Waals surface area (Å²) in [6.45, 7) is 2.96. The van der Waals surface area contributed by atoms with Crippen LogP contribution in [-0.4, -0.2) is 45.8 Å². The molecule has 0 bridgehead atoms. The lowest BCUT2D eigenvalue weighted by molar-refractivity contribution is 0.176. The third kappa shape index (κ3) is 4.93. The predicted octanol–water partition coefficient (Wildman–Crippen LogP) is 1.84. The molecule has 1 aromatic carbocycles. The highest BCUT2D eigenvalue weighted by Gasteiger charge is 2.20. The molecule has 4 nitrogen and oxygen atoms in total. The Labute approximate surface area is 115 Å². The zero-order chi connectivity index (χ0) is 13.7. The van der Waals surface area contributed by atoms with Gasteiger partial charge in [-0.25, -0.2) is 0 Å². The van der Waals surface area contributed by atoms with Crippen molar-refractivity contribution in [2.45, 2.75) is 18.8 Å². The van der Waals surface area contributed by atoms with E-state index in [-0.39, 0.29) is 6.61 Å². The van der Waals surface area contributed by atoms with Gasteiger partial charge < -0.3 is 4.90 Å². The maximum Gasteiger partial charge on any atom is 0.264 e. The molecular weight excluding hydrogens is 262 g/mol. The first kappa shape index (κ1) is 14.5. The van der Waals surface area contributed by atoms with Gasteiger partial charge in [-0.2, -0.15) is 8.42 Å². The third-order valence-electron chi connectivity index (χ3n) is 3.56. The van der Waals surface area contributed by atoms with Crippen LogP contribution in [-0.2, 0) is 14.3 Å². The van der Waals surface area contributed by atoms with Gasteiger partial charge in [0.25, 0.3) is 10.1 Å². The highest BCUT2D eigenvalue weighted by atomic mass is 32.2. The molecule has 1 aliphatic heterocycles. The summed E-state index contributed by atoms with van der Waals surface area (Å²) in [5.74, 6) is 0.633. The van der Waals surface area contributed by atoms with E-state index in [0.717, 1.165) is 32.2 Å². The minimum absolute atomic E-state index is 0.259. The second kappa shape index (κ2) is 6.50. The highest BCUT2D eigenvalue weighted by Crippen LogP contribution is 2.27. The van der Waals surface area contributed by atoms with Crippen LogP contribution in [0, 0.1) is 0 Å². The van der Waals surface area contributed by atoms with Gasteiger partial charge in [0.1, 0.15) is 0 Å². The molecule has 0 N–H and O–H groups in total. The number of benzene rings is 1. The summed E-state index contributed by atoms with van der Waals surface area (Å²) in [4.78, 5) is 2.27. The van der Waals surface area contributed by atoms with Crippen LogP contribution in [0.1, 0.15) is 24.3 Å². The standard InChI is InChI=1S/C14H21NO3S/c1-19(16,17)18-12-11-15-9-7-14(8-10-15)13-5-3-2-4-6-13/h2-6,14H,7-12H2,1H3. The largest absolute Gasteiger partial charge is 0.301 e. The van der Waals surface area contributed by atoms with Crippen LogP contribution in [0.4, 0.5) is 0 Å². The van der Waals surface area contributed by atoms with Gasteiger partial charge >= 0.3 is 0 Å². The lowest BCUT2D eigenvalue weighted by atomic mass is 9.89. The summed E-state index contributed by atoms with van der Waals surface area (Å²) < 4.78 is 26.5. The van der Waals surface area contributed by atoms with Gasteiger partial charge in [0.15, 0.2) is 0 Å². The molecule has 1 fully saturated rings. The summed E-state index contributed by atoms with van der Waals surface area (Å²) in [5, 5.41) is 0. The molecular formula is C14H21NO3S. The van der Waals surface area contributed by atoms with Crippen molar-refractivity contribution in [1.29, 1.82) is 0 Å². The lowest BCUT2D eigenvalue weighted by Crippen LogP contribution is -2.35. The Morgan fingerprint density at radius 1 is 1.21 bits per heavy atom. The first-order valence-electron chi connectivity index (χ1n) is 6.66. The lowest BCUT2D eigenvalue weighted by Gasteiger charge is -2.31. The van der Waals surface area contributed by atoms with Crippen LogP contribution < -0.4 is 0 Å². The molecule has 1 saturated heterocycles. The molecule has 0 unspecified atom stereocenters. The van der Waals surface area contributed by atoms with E-state index in [4.69, 9.17) is 4.18 Å². The molecule has 19 heavy (non-hydrogen) atoms. The molecule has 2 rings (SSSR count). The van der Waals surface area contributed by atoms with E-state index in [1.807, 2.05) is 6.07 Å². The maximum atomic E-state index is 10.9. The van der Waals surface area contributed by atoms with Crippen LogP contribution in [0.25, 0.3) is 0 Å². The third-order valence-corrected chi connectivity index (χ3v) is 4.16. The Bertz CT molecular complexity index is 479. The van der Waals surface area contributed by atoms with Crippen LogP contribution in [0.3, 0.4) is 0 Å². The highest BCUT2D eigenvalue weighted by molar-refractivity contribution is 7.85. The minimum Gasteiger partial charge on any atom is -0.301 e. The van der Waals surface area contributed by atoms with Gasteiger partial charge in [-0.05, 0) is 37.4 Å². The van der Waals surface area contributed by atoms with Crippen molar-refractivity contribution in [2.75, 3.05) is 32.5 Å². The van der Waals surface area contributed by atoms with Crippen molar-refractivity contribution in [3.05, 3.63) is 35.9 Å². The fraction of sp³-hybridized carbons (Fsp3) is 0.571. The monoisotopic (exact) mass is 283 g/mol. The molecule has 0 spiro atoms. The zero-order valence-electron chi connectivity index (χ0n) is 11.3. The average Bonchev–Trinajstić information content (AvgIpc) is 2.39. The van der Waals surface area contributed by atoms with E-state index in [1.54, 1.807) is 0 Å². The summed E-state index contributed by atoms with van der Waals surface area (Å²) >= 11 is 0. The minimum atomic E-state index is -3.31.